The van der Waals surface area contributed by atoms with Crippen molar-refractivity contribution in [3.8, 4) is 0 Å². The molecule has 0 radical (unpaired) electrons. The Morgan fingerprint density at radius 2 is 1.82 bits per heavy atom. The summed E-state index contributed by atoms with van der Waals surface area (Å²) >= 11 is 0. The molecule has 1 aromatic rings. The molecule has 1 aliphatic heterocycles. The van der Waals surface area contributed by atoms with Crippen LogP contribution in [0.4, 0.5) is 0 Å². The molecule has 2 heteroatoms. The Bertz CT molecular complexity index is 346. The number of rotatable bonds is 2. The molecule has 0 spiro atoms. The van der Waals surface area contributed by atoms with E-state index in [4.69, 9.17) is 4.74 Å². The minimum absolute atomic E-state index is 0.538. The first kappa shape index (κ1) is 12.6. The lowest BCUT2D eigenvalue weighted by molar-refractivity contribution is 0.0144. The van der Waals surface area contributed by atoms with Crippen LogP contribution in [0.1, 0.15) is 50.2 Å². The fraction of sp³-hybridized carbons (Fsp3) is 0.600. The Kier molecular flexibility index (Phi) is 3.85. The molecule has 0 bridgehead atoms. The van der Waals surface area contributed by atoms with Gasteiger partial charge in [0.2, 0.25) is 0 Å². The van der Waals surface area contributed by atoms with Crippen LogP contribution in [0.2, 0.25) is 0 Å². The maximum absolute atomic E-state index is 10.7. The predicted octanol–water partition coefficient (Wildman–Crippen LogP) is 3.20. The smallest absolute Gasteiger partial charge is 0.0919 e. The highest BCUT2D eigenvalue weighted by atomic mass is 16.5. The highest BCUT2D eigenvalue weighted by Crippen LogP contribution is 2.32. The molecular weight excluding hydrogens is 212 g/mol. The number of hydrogen-bond donors (Lipinski definition) is 1. The molecule has 0 amide bonds. The first-order valence-electron chi connectivity index (χ1n) is 6.52. The van der Waals surface area contributed by atoms with Crippen molar-refractivity contribution in [1.82, 2.24) is 0 Å². The second-order valence-corrected chi connectivity index (χ2v) is 5.27. The highest BCUT2D eigenvalue weighted by molar-refractivity contribution is 5.28. The first-order chi connectivity index (χ1) is 8.12. The molecule has 1 saturated heterocycles. The van der Waals surface area contributed by atoms with Gasteiger partial charge in [-0.3, -0.25) is 0 Å². The van der Waals surface area contributed by atoms with Gasteiger partial charge in [-0.1, -0.05) is 38.1 Å². The number of ether oxygens (including phenoxy) is 1. The van der Waals surface area contributed by atoms with Gasteiger partial charge in [0, 0.05) is 19.6 Å². The monoisotopic (exact) mass is 234 g/mol. The summed E-state index contributed by atoms with van der Waals surface area (Å²) in [5.74, 6) is 0.538. The summed E-state index contributed by atoms with van der Waals surface area (Å²) in [5, 5.41) is 10.7. The van der Waals surface area contributed by atoms with Gasteiger partial charge in [-0.05, 0) is 29.9 Å². The molecule has 0 aromatic heterocycles. The number of benzene rings is 1. The Morgan fingerprint density at radius 1 is 1.12 bits per heavy atom. The van der Waals surface area contributed by atoms with Crippen molar-refractivity contribution in [3.05, 3.63) is 35.4 Å². The molecule has 1 aliphatic rings. The van der Waals surface area contributed by atoms with Crippen LogP contribution in [-0.4, -0.2) is 18.3 Å². The van der Waals surface area contributed by atoms with Crippen LogP contribution < -0.4 is 0 Å². The third-order valence-electron chi connectivity index (χ3n) is 3.65. The Hall–Kier alpha value is -0.860. The maximum atomic E-state index is 10.7. The van der Waals surface area contributed by atoms with Crippen molar-refractivity contribution in [2.75, 3.05) is 13.2 Å². The fourth-order valence-corrected chi connectivity index (χ4v) is 2.40. The topological polar surface area (TPSA) is 29.5 Å². The van der Waals surface area contributed by atoms with E-state index in [2.05, 4.69) is 38.1 Å². The fourth-order valence-electron chi connectivity index (χ4n) is 2.40. The van der Waals surface area contributed by atoms with Gasteiger partial charge in [-0.2, -0.15) is 0 Å². The maximum Gasteiger partial charge on any atom is 0.0919 e. The molecule has 1 atom stereocenters. The standard InChI is InChI=1S/C15H22O2/c1-12(2)13-4-6-14(7-5-13)15(16)8-3-10-17-11-9-15/h4-7,12,16H,3,8-11H2,1-2H3. The molecule has 1 fully saturated rings. The Balaban J connectivity index is 2.19. The minimum Gasteiger partial charge on any atom is -0.385 e. The zero-order chi connectivity index (χ0) is 12.3. The van der Waals surface area contributed by atoms with Crippen molar-refractivity contribution in [3.63, 3.8) is 0 Å². The normalized spacial score (nSPS) is 25.9. The van der Waals surface area contributed by atoms with E-state index in [1.54, 1.807) is 0 Å². The zero-order valence-corrected chi connectivity index (χ0v) is 10.8. The van der Waals surface area contributed by atoms with E-state index in [-0.39, 0.29) is 0 Å². The molecule has 94 valence electrons. The zero-order valence-electron chi connectivity index (χ0n) is 10.8. The number of hydrogen-bond acceptors (Lipinski definition) is 2. The van der Waals surface area contributed by atoms with Gasteiger partial charge >= 0.3 is 0 Å². The van der Waals surface area contributed by atoms with Gasteiger partial charge in [0.1, 0.15) is 0 Å². The molecule has 2 rings (SSSR count). The van der Waals surface area contributed by atoms with Crippen molar-refractivity contribution >= 4 is 0 Å². The molecule has 0 saturated carbocycles. The summed E-state index contributed by atoms with van der Waals surface area (Å²) in [7, 11) is 0. The van der Waals surface area contributed by atoms with Gasteiger partial charge in [-0.25, -0.2) is 0 Å². The minimum atomic E-state index is -0.688. The molecule has 1 aromatic carbocycles. The van der Waals surface area contributed by atoms with Crippen LogP contribution in [0.25, 0.3) is 0 Å². The molecule has 2 nitrogen and oxygen atoms in total. The van der Waals surface area contributed by atoms with E-state index in [1.165, 1.54) is 5.56 Å². The van der Waals surface area contributed by atoms with Crippen LogP contribution in [0.3, 0.4) is 0 Å². The first-order valence-corrected chi connectivity index (χ1v) is 6.52. The van der Waals surface area contributed by atoms with Crippen LogP contribution in [0.15, 0.2) is 24.3 Å². The Morgan fingerprint density at radius 3 is 2.47 bits per heavy atom. The van der Waals surface area contributed by atoms with E-state index in [1.807, 2.05) is 0 Å². The molecule has 1 unspecified atom stereocenters. The molecule has 1 N–H and O–H groups in total. The average Bonchev–Trinajstić information content (AvgIpc) is 2.55. The number of aliphatic hydroxyl groups is 1. The third-order valence-corrected chi connectivity index (χ3v) is 3.65. The van der Waals surface area contributed by atoms with Gasteiger partial charge in [0.25, 0.3) is 0 Å². The molecule has 17 heavy (non-hydrogen) atoms. The summed E-state index contributed by atoms with van der Waals surface area (Å²) in [6.45, 7) is 5.79. The SMILES string of the molecule is CC(C)c1ccc(C2(O)CCCOCC2)cc1. The van der Waals surface area contributed by atoms with E-state index >= 15 is 0 Å². The van der Waals surface area contributed by atoms with Crippen molar-refractivity contribution in [2.24, 2.45) is 0 Å². The van der Waals surface area contributed by atoms with Gasteiger partial charge in [0.05, 0.1) is 5.60 Å². The van der Waals surface area contributed by atoms with E-state index < -0.39 is 5.60 Å². The van der Waals surface area contributed by atoms with Crippen molar-refractivity contribution in [1.29, 1.82) is 0 Å². The lowest BCUT2D eigenvalue weighted by Gasteiger charge is -2.27. The van der Waals surface area contributed by atoms with Crippen LogP contribution in [0, 0.1) is 0 Å². The summed E-state index contributed by atoms with van der Waals surface area (Å²) in [6, 6.07) is 8.40. The summed E-state index contributed by atoms with van der Waals surface area (Å²) in [5.41, 5.74) is 1.67. The van der Waals surface area contributed by atoms with Gasteiger partial charge in [0.15, 0.2) is 0 Å². The van der Waals surface area contributed by atoms with E-state index in [0.717, 1.165) is 25.0 Å². The van der Waals surface area contributed by atoms with Crippen LogP contribution in [-0.2, 0) is 10.3 Å². The molecule has 1 heterocycles. The van der Waals surface area contributed by atoms with Crippen LogP contribution in [0.5, 0.6) is 0 Å². The lowest BCUT2D eigenvalue weighted by Crippen LogP contribution is -2.25. The van der Waals surface area contributed by atoms with E-state index in [0.29, 0.717) is 18.9 Å². The third kappa shape index (κ3) is 2.88. The summed E-state index contributed by atoms with van der Waals surface area (Å²) in [4.78, 5) is 0. The van der Waals surface area contributed by atoms with Crippen molar-refractivity contribution in [2.45, 2.75) is 44.6 Å². The van der Waals surface area contributed by atoms with Gasteiger partial charge < -0.3 is 9.84 Å². The molecular formula is C15H22O2. The highest BCUT2D eigenvalue weighted by Gasteiger charge is 2.30. The quantitative estimate of drug-likeness (QED) is 0.851. The molecule has 0 aliphatic carbocycles. The second-order valence-electron chi connectivity index (χ2n) is 5.27. The Labute approximate surface area is 104 Å². The summed E-state index contributed by atoms with van der Waals surface area (Å²) < 4.78 is 5.41. The van der Waals surface area contributed by atoms with Crippen molar-refractivity contribution < 1.29 is 9.84 Å². The summed E-state index contributed by atoms with van der Waals surface area (Å²) in [6.07, 6.45) is 2.44. The lowest BCUT2D eigenvalue weighted by atomic mass is 9.86. The van der Waals surface area contributed by atoms with Gasteiger partial charge in [-0.15, -0.1) is 0 Å². The van der Waals surface area contributed by atoms with E-state index in [9.17, 15) is 5.11 Å². The largest absolute Gasteiger partial charge is 0.385 e. The van der Waals surface area contributed by atoms with Crippen LogP contribution >= 0.6 is 0 Å². The predicted molar refractivity (Wildman–Crippen MR) is 69.1 cm³/mol. The average molecular weight is 234 g/mol. The second kappa shape index (κ2) is 5.19.